The van der Waals surface area contributed by atoms with Crippen LogP contribution in [0, 0.1) is 0 Å². The molecular formula is C22H28N10O4S. The Hall–Kier alpha value is -3.88. The predicted octanol–water partition coefficient (Wildman–Crippen LogP) is 0.0764. The molecule has 4 amide bonds. The lowest BCUT2D eigenvalue weighted by Gasteiger charge is -2.40. The van der Waals surface area contributed by atoms with Gasteiger partial charge in [-0.3, -0.25) is 10.1 Å². The topological polar surface area (TPSA) is 141 Å². The third-order valence-corrected chi connectivity index (χ3v) is 7.33. The van der Waals surface area contributed by atoms with Crippen LogP contribution in [0.3, 0.4) is 0 Å². The molecule has 2 saturated heterocycles. The molecule has 2 fully saturated rings. The monoisotopic (exact) mass is 528 g/mol. The van der Waals surface area contributed by atoms with Gasteiger partial charge in [0.2, 0.25) is 5.16 Å². The Balaban J connectivity index is 1.31. The summed E-state index contributed by atoms with van der Waals surface area (Å²) in [6, 6.07) is 8.48. The van der Waals surface area contributed by atoms with Gasteiger partial charge >= 0.3 is 12.1 Å². The van der Waals surface area contributed by atoms with Gasteiger partial charge in [-0.05, 0) is 29.5 Å². The van der Waals surface area contributed by atoms with Crippen molar-refractivity contribution in [2.45, 2.75) is 24.3 Å². The molecule has 5 rings (SSSR count). The number of thioether (sulfide) groups is 1. The van der Waals surface area contributed by atoms with Crippen LogP contribution in [0.15, 0.2) is 40.5 Å². The minimum atomic E-state index is -0.647. The van der Waals surface area contributed by atoms with Crippen LogP contribution in [0.25, 0.3) is 5.69 Å². The fraction of sp³-hybridized carbons (Fsp3) is 0.500. The maximum absolute atomic E-state index is 12.9. The van der Waals surface area contributed by atoms with Crippen molar-refractivity contribution in [3.63, 3.8) is 0 Å². The number of imide groups is 1. The summed E-state index contributed by atoms with van der Waals surface area (Å²) in [5.74, 6) is 0.831. The number of aliphatic imine (C=N–C) groups is 1. The summed E-state index contributed by atoms with van der Waals surface area (Å²) in [5, 5.41) is 15.1. The number of hydrogen-bond donors (Lipinski definition) is 1. The van der Waals surface area contributed by atoms with Crippen LogP contribution in [-0.2, 0) is 9.53 Å². The van der Waals surface area contributed by atoms with Crippen LogP contribution in [0.4, 0.5) is 9.59 Å². The van der Waals surface area contributed by atoms with Gasteiger partial charge in [0.15, 0.2) is 18.2 Å². The number of rotatable bonds is 6. The van der Waals surface area contributed by atoms with Gasteiger partial charge in [0.05, 0.1) is 12.3 Å². The number of tetrazole rings is 1. The molecule has 1 aromatic heterocycles. The van der Waals surface area contributed by atoms with Gasteiger partial charge in [0.1, 0.15) is 0 Å². The number of ether oxygens (including phenoxy) is 1. The number of urea groups is 1. The second-order valence-corrected chi connectivity index (χ2v) is 9.68. The van der Waals surface area contributed by atoms with Crippen LogP contribution >= 0.6 is 11.8 Å². The second kappa shape index (κ2) is 10.6. The molecule has 0 radical (unpaired) electrons. The summed E-state index contributed by atoms with van der Waals surface area (Å²) in [4.78, 5) is 49.2. The highest BCUT2D eigenvalue weighted by molar-refractivity contribution is 7.99. The first-order valence-electron chi connectivity index (χ1n) is 12.0. The van der Waals surface area contributed by atoms with Crippen LogP contribution in [0.2, 0.25) is 0 Å². The maximum atomic E-state index is 12.9. The number of hydrogen-bond acceptors (Lipinski definition) is 11. The number of amides is 4. The first-order chi connectivity index (χ1) is 18.0. The number of nitrogens with one attached hydrogen (secondary N) is 1. The Morgan fingerprint density at radius 3 is 2.65 bits per heavy atom. The van der Waals surface area contributed by atoms with E-state index in [0.29, 0.717) is 56.2 Å². The van der Waals surface area contributed by atoms with Crippen LogP contribution in [-0.4, -0.2) is 128 Å². The molecule has 0 bridgehead atoms. The van der Waals surface area contributed by atoms with Gasteiger partial charge in [-0.1, -0.05) is 30.0 Å². The Bertz CT molecular complexity index is 1180. The molecule has 1 N–H and O–H groups in total. The van der Waals surface area contributed by atoms with E-state index in [-0.39, 0.29) is 12.0 Å². The number of carbonyl (C=O) groups excluding carboxylic acids is 3. The molecule has 15 heteroatoms. The molecule has 0 aliphatic carbocycles. The van der Waals surface area contributed by atoms with E-state index in [9.17, 15) is 14.4 Å². The highest BCUT2D eigenvalue weighted by Crippen LogP contribution is 2.27. The molecule has 1 aromatic carbocycles. The normalized spacial score (nSPS) is 21.6. The zero-order valence-corrected chi connectivity index (χ0v) is 21.4. The van der Waals surface area contributed by atoms with Gasteiger partial charge in [0, 0.05) is 45.5 Å². The molecular weight excluding hydrogens is 500 g/mol. The molecule has 0 spiro atoms. The van der Waals surface area contributed by atoms with Crippen LogP contribution < -0.4 is 5.32 Å². The molecule has 2 aromatic rings. The standard InChI is InChI=1S/C22H28N10O4S/c1-3-36-22(35)30-11-9-29(10-12-30)19-23-17-16(18(33)24-20(34)28(17)2)31(19)13-14-37-21-25-26-27-32(21)15-7-5-4-6-8-15/h4-8,16-17H,3,9-14H2,1-2H3,(H,24,33,34). The minimum Gasteiger partial charge on any atom is -0.450 e. The van der Waals surface area contributed by atoms with Crippen LogP contribution in [0.1, 0.15) is 6.92 Å². The Labute approximate surface area is 217 Å². The van der Waals surface area contributed by atoms with E-state index in [1.54, 1.807) is 23.6 Å². The van der Waals surface area contributed by atoms with Crippen molar-refractivity contribution >= 4 is 35.8 Å². The number of likely N-dealkylation sites (N-methyl/N-ethyl adjacent to an activating group) is 1. The van der Waals surface area contributed by atoms with Crippen molar-refractivity contribution in [2.24, 2.45) is 4.99 Å². The van der Waals surface area contributed by atoms with E-state index in [4.69, 9.17) is 9.73 Å². The van der Waals surface area contributed by atoms with E-state index in [0.717, 1.165) is 5.69 Å². The zero-order valence-electron chi connectivity index (χ0n) is 20.6. The highest BCUT2D eigenvalue weighted by atomic mass is 32.2. The first kappa shape index (κ1) is 24.8. The molecule has 0 saturated carbocycles. The summed E-state index contributed by atoms with van der Waals surface area (Å²) >= 11 is 1.47. The first-order valence-corrected chi connectivity index (χ1v) is 13.0. The number of fused-ring (bicyclic) bond motifs is 1. The van der Waals surface area contributed by atoms with Gasteiger partial charge in [-0.15, -0.1) is 5.10 Å². The summed E-state index contributed by atoms with van der Waals surface area (Å²) in [6.07, 6.45) is -0.961. The minimum absolute atomic E-state index is 0.323. The summed E-state index contributed by atoms with van der Waals surface area (Å²) in [6.45, 7) is 4.59. The Morgan fingerprint density at radius 1 is 1.16 bits per heavy atom. The lowest BCUT2D eigenvalue weighted by molar-refractivity contribution is -0.127. The van der Waals surface area contributed by atoms with Crippen molar-refractivity contribution in [3.05, 3.63) is 30.3 Å². The van der Waals surface area contributed by atoms with Gasteiger partial charge in [0.25, 0.3) is 5.91 Å². The second-order valence-electron chi connectivity index (χ2n) is 8.62. The molecule has 196 valence electrons. The van der Waals surface area contributed by atoms with E-state index in [2.05, 4.69) is 25.7 Å². The van der Waals surface area contributed by atoms with Crippen molar-refractivity contribution in [1.82, 2.24) is 45.1 Å². The molecule has 14 nitrogen and oxygen atoms in total. The number of piperazine rings is 1. The molecule has 2 unspecified atom stereocenters. The number of guanidine groups is 1. The maximum Gasteiger partial charge on any atom is 0.409 e. The molecule has 3 aliphatic heterocycles. The third kappa shape index (κ3) is 4.90. The molecule has 3 aliphatic rings. The Morgan fingerprint density at radius 2 is 1.92 bits per heavy atom. The average Bonchev–Trinajstić information content (AvgIpc) is 3.54. The average molecular weight is 529 g/mol. The zero-order chi connectivity index (χ0) is 25.9. The van der Waals surface area contributed by atoms with Crippen molar-refractivity contribution in [2.75, 3.05) is 52.1 Å². The summed E-state index contributed by atoms with van der Waals surface area (Å²) < 4.78 is 6.79. The number of carbonyl (C=O) groups is 3. The largest absolute Gasteiger partial charge is 0.450 e. The van der Waals surface area contributed by atoms with Crippen LogP contribution in [0.5, 0.6) is 0 Å². The van der Waals surface area contributed by atoms with Crippen molar-refractivity contribution in [1.29, 1.82) is 0 Å². The van der Waals surface area contributed by atoms with Gasteiger partial charge in [-0.2, -0.15) is 4.68 Å². The predicted molar refractivity (Wildman–Crippen MR) is 133 cm³/mol. The fourth-order valence-electron chi connectivity index (χ4n) is 4.55. The Kier molecular flexibility index (Phi) is 7.12. The lowest BCUT2D eigenvalue weighted by Crippen LogP contribution is -2.65. The smallest absolute Gasteiger partial charge is 0.409 e. The highest BCUT2D eigenvalue weighted by Gasteiger charge is 2.49. The summed E-state index contributed by atoms with van der Waals surface area (Å²) in [7, 11) is 1.63. The van der Waals surface area contributed by atoms with E-state index in [1.807, 2.05) is 35.2 Å². The number of nitrogens with zero attached hydrogens (tertiary/aromatic N) is 9. The molecule has 4 heterocycles. The van der Waals surface area contributed by atoms with E-state index >= 15 is 0 Å². The number of aromatic nitrogens is 4. The molecule has 37 heavy (non-hydrogen) atoms. The number of benzene rings is 1. The van der Waals surface area contributed by atoms with E-state index in [1.165, 1.54) is 16.7 Å². The quantitative estimate of drug-likeness (QED) is 0.512. The SMILES string of the molecule is CCOC(=O)N1CCN(C2=NC3C(C(=O)NC(=O)N3C)N2CCSc2nnnn2-c2ccccc2)CC1. The van der Waals surface area contributed by atoms with E-state index < -0.39 is 18.2 Å². The lowest BCUT2D eigenvalue weighted by atomic mass is 10.1. The van der Waals surface area contributed by atoms with Crippen molar-refractivity contribution in [3.8, 4) is 5.69 Å². The van der Waals surface area contributed by atoms with Gasteiger partial charge in [-0.25, -0.2) is 14.6 Å². The number of para-hydroxylation sites is 1. The summed E-state index contributed by atoms with van der Waals surface area (Å²) in [5.41, 5.74) is 0.852. The van der Waals surface area contributed by atoms with Crippen molar-refractivity contribution < 1.29 is 19.1 Å². The third-order valence-electron chi connectivity index (χ3n) is 6.43. The molecule has 2 atom stereocenters. The van der Waals surface area contributed by atoms with Gasteiger partial charge < -0.3 is 24.3 Å². The fourth-order valence-corrected chi connectivity index (χ4v) is 5.38.